The lowest BCUT2D eigenvalue weighted by molar-refractivity contribution is -0.117. The molecule has 9 heteroatoms. The molecule has 0 atom stereocenters. The average molecular weight is 450 g/mol. The van der Waals surface area contributed by atoms with Gasteiger partial charge in [0.05, 0.1) is 0 Å². The lowest BCUT2D eigenvalue weighted by Crippen LogP contribution is -2.31. The first kappa shape index (κ1) is 24.9. The van der Waals surface area contributed by atoms with E-state index in [2.05, 4.69) is 10.6 Å². The second kappa shape index (κ2) is 11.9. The van der Waals surface area contributed by atoms with Crippen molar-refractivity contribution in [1.82, 2.24) is 10.6 Å². The van der Waals surface area contributed by atoms with Gasteiger partial charge in [-0.05, 0) is 49.6 Å². The fraction of sp³-hybridized carbons (Fsp3) is 0.304. The highest BCUT2D eigenvalue weighted by atomic mass is 19.1. The van der Waals surface area contributed by atoms with Gasteiger partial charge in [-0.25, -0.2) is 13.2 Å². The van der Waals surface area contributed by atoms with Crippen LogP contribution in [-0.4, -0.2) is 32.3 Å². The van der Waals surface area contributed by atoms with Gasteiger partial charge < -0.3 is 20.1 Å². The first-order chi connectivity index (χ1) is 15.3. The van der Waals surface area contributed by atoms with Gasteiger partial charge in [0.1, 0.15) is 17.2 Å². The molecule has 0 aliphatic heterocycles. The number of carbonyl (C=O) groups excluding carboxylic acids is 2. The van der Waals surface area contributed by atoms with Crippen LogP contribution >= 0.6 is 0 Å². The number of amides is 2. The van der Waals surface area contributed by atoms with Gasteiger partial charge in [0.25, 0.3) is 5.91 Å². The Bertz CT molecular complexity index is 1010. The molecule has 0 aliphatic carbocycles. The topological polar surface area (TPSA) is 76.7 Å². The second-order valence-corrected chi connectivity index (χ2v) is 6.83. The molecule has 0 spiro atoms. The van der Waals surface area contributed by atoms with Crippen LogP contribution in [0, 0.1) is 17.5 Å². The summed E-state index contributed by atoms with van der Waals surface area (Å²) in [7, 11) is 1.30. The number of hydrogen-bond donors (Lipinski definition) is 2. The third-order valence-electron chi connectivity index (χ3n) is 4.58. The minimum Gasteiger partial charge on any atom is -0.464 e. The lowest BCUT2D eigenvalue weighted by atomic mass is 10.1. The smallest absolute Gasteiger partial charge is 0.262 e. The molecule has 0 bridgehead atoms. The molecule has 0 saturated carbocycles. The molecule has 2 N–H and O–H groups in total. The van der Waals surface area contributed by atoms with E-state index < -0.39 is 34.8 Å². The van der Waals surface area contributed by atoms with E-state index in [4.69, 9.17) is 9.47 Å². The zero-order chi connectivity index (χ0) is 23.7. The molecule has 32 heavy (non-hydrogen) atoms. The molecule has 0 unspecified atom stereocenters. The predicted octanol–water partition coefficient (Wildman–Crippen LogP) is 3.86. The zero-order valence-electron chi connectivity index (χ0n) is 18.1. The summed E-state index contributed by atoms with van der Waals surface area (Å²) in [4.78, 5) is 25.2. The number of allylic oxidation sites excluding steroid dienone is 1. The average Bonchev–Trinajstić information content (AvgIpc) is 2.74. The van der Waals surface area contributed by atoms with Gasteiger partial charge in [-0.15, -0.1) is 0 Å². The van der Waals surface area contributed by atoms with Crippen molar-refractivity contribution >= 4 is 11.8 Å². The molecule has 0 saturated heterocycles. The molecule has 2 amide bonds. The van der Waals surface area contributed by atoms with Crippen LogP contribution in [0.4, 0.5) is 13.2 Å². The summed E-state index contributed by atoms with van der Waals surface area (Å²) in [5, 5.41) is 5.14. The number of ether oxygens (including phenoxy) is 2. The van der Waals surface area contributed by atoms with E-state index in [0.717, 1.165) is 17.7 Å². The largest absolute Gasteiger partial charge is 0.464 e. The second-order valence-electron chi connectivity index (χ2n) is 6.83. The Hall–Kier alpha value is -3.33. The minimum atomic E-state index is -0.986. The predicted molar refractivity (Wildman–Crippen MR) is 112 cm³/mol. The highest BCUT2D eigenvalue weighted by Gasteiger charge is 2.23. The van der Waals surface area contributed by atoms with Crippen molar-refractivity contribution < 1.29 is 32.2 Å². The summed E-state index contributed by atoms with van der Waals surface area (Å²) in [5.74, 6) is -4.27. The van der Waals surface area contributed by atoms with Gasteiger partial charge in [-0.1, -0.05) is 19.1 Å². The van der Waals surface area contributed by atoms with Crippen LogP contribution in [-0.2, 0) is 16.0 Å². The summed E-state index contributed by atoms with van der Waals surface area (Å²) in [5.41, 5.74) is 0.529. The van der Waals surface area contributed by atoms with E-state index in [-0.39, 0.29) is 36.8 Å². The van der Waals surface area contributed by atoms with E-state index in [1.54, 1.807) is 19.1 Å². The fourth-order valence-corrected chi connectivity index (χ4v) is 3.03. The van der Waals surface area contributed by atoms with Crippen LogP contribution in [0.3, 0.4) is 0 Å². The Kier molecular flexibility index (Phi) is 9.27. The van der Waals surface area contributed by atoms with Gasteiger partial charge >= 0.3 is 0 Å². The van der Waals surface area contributed by atoms with Gasteiger partial charge in [-0.2, -0.15) is 0 Å². The Labute approximate surface area is 184 Å². The van der Waals surface area contributed by atoms with Crippen LogP contribution in [0.15, 0.2) is 47.7 Å². The molecule has 172 valence electrons. The summed E-state index contributed by atoms with van der Waals surface area (Å²) >= 11 is 0. The molecule has 0 aliphatic rings. The number of methoxy groups -OCH3 is 1. The fourth-order valence-electron chi connectivity index (χ4n) is 3.03. The van der Waals surface area contributed by atoms with E-state index in [1.165, 1.54) is 26.2 Å². The van der Waals surface area contributed by atoms with Gasteiger partial charge in [0, 0.05) is 24.9 Å². The van der Waals surface area contributed by atoms with Crippen molar-refractivity contribution in [2.75, 3.05) is 20.4 Å². The summed E-state index contributed by atoms with van der Waals surface area (Å²) in [6.45, 7) is 3.06. The van der Waals surface area contributed by atoms with Crippen LogP contribution < -0.4 is 15.4 Å². The standard InChI is InChI=1S/C23H25F3N2O4/c1-4-17(22(29)27-11-10-15-6-5-7-16(24)12-15)14(2)28-23(30)20-18(25)8-9-19(26)21(20)32-13-31-3/h5-9,12H,4,10-11,13H2,1-3H3,(H,27,29)(H,28,30)/b17-14-. The van der Waals surface area contributed by atoms with E-state index in [1.807, 2.05) is 0 Å². The molecule has 2 aromatic carbocycles. The Morgan fingerprint density at radius 3 is 2.44 bits per heavy atom. The number of nitrogens with one attached hydrogen (secondary N) is 2. The van der Waals surface area contributed by atoms with Crippen molar-refractivity contribution in [3.63, 3.8) is 0 Å². The summed E-state index contributed by atoms with van der Waals surface area (Å²) in [6.07, 6.45) is 0.692. The van der Waals surface area contributed by atoms with Crippen molar-refractivity contribution in [1.29, 1.82) is 0 Å². The van der Waals surface area contributed by atoms with Crippen LogP contribution in [0.2, 0.25) is 0 Å². The Morgan fingerprint density at radius 2 is 1.78 bits per heavy atom. The van der Waals surface area contributed by atoms with E-state index in [0.29, 0.717) is 6.42 Å². The third kappa shape index (κ3) is 6.58. The molecular formula is C23H25F3N2O4. The number of benzene rings is 2. The SMILES string of the molecule is CC/C(C(=O)NCCc1cccc(F)c1)=C(\C)NC(=O)c1c(F)ccc(F)c1OCOC. The molecular weight excluding hydrogens is 425 g/mol. The molecule has 0 fully saturated rings. The molecule has 6 nitrogen and oxygen atoms in total. The van der Waals surface area contributed by atoms with E-state index >= 15 is 0 Å². The van der Waals surface area contributed by atoms with Crippen molar-refractivity contribution in [3.8, 4) is 5.75 Å². The van der Waals surface area contributed by atoms with E-state index in [9.17, 15) is 22.8 Å². The highest BCUT2D eigenvalue weighted by Crippen LogP contribution is 2.26. The number of rotatable bonds is 10. The minimum absolute atomic E-state index is 0.183. The maximum absolute atomic E-state index is 14.3. The quantitative estimate of drug-likeness (QED) is 0.426. The molecule has 0 heterocycles. The van der Waals surface area contributed by atoms with Crippen LogP contribution in [0.1, 0.15) is 36.2 Å². The number of hydrogen-bond acceptors (Lipinski definition) is 4. The molecule has 0 aromatic heterocycles. The molecule has 2 rings (SSSR count). The Balaban J connectivity index is 2.12. The molecule has 2 aromatic rings. The Morgan fingerprint density at radius 1 is 1.06 bits per heavy atom. The van der Waals surface area contributed by atoms with Crippen LogP contribution in [0.25, 0.3) is 0 Å². The zero-order valence-corrected chi connectivity index (χ0v) is 18.1. The van der Waals surface area contributed by atoms with Crippen molar-refractivity contribution in [2.45, 2.75) is 26.7 Å². The highest BCUT2D eigenvalue weighted by molar-refractivity contribution is 6.00. The normalized spacial score (nSPS) is 11.6. The maximum atomic E-state index is 14.3. The van der Waals surface area contributed by atoms with Crippen molar-refractivity contribution in [3.05, 3.63) is 76.2 Å². The van der Waals surface area contributed by atoms with Crippen LogP contribution in [0.5, 0.6) is 5.75 Å². The monoisotopic (exact) mass is 450 g/mol. The summed E-state index contributed by atoms with van der Waals surface area (Å²) < 4.78 is 51.3. The summed E-state index contributed by atoms with van der Waals surface area (Å²) in [6, 6.07) is 7.68. The van der Waals surface area contributed by atoms with Gasteiger partial charge in [0.15, 0.2) is 18.4 Å². The maximum Gasteiger partial charge on any atom is 0.262 e. The lowest BCUT2D eigenvalue weighted by Gasteiger charge is -2.15. The first-order valence-electron chi connectivity index (χ1n) is 9.91. The van der Waals surface area contributed by atoms with Gasteiger partial charge in [-0.3, -0.25) is 9.59 Å². The first-order valence-corrected chi connectivity index (χ1v) is 9.91. The molecule has 0 radical (unpaired) electrons. The third-order valence-corrected chi connectivity index (χ3v) is 4.58. The van der Waals surface area contributed by atoms with Crippen molar-refractivity contribution in [2.24, 2.45) is 0 Å². The number of halogens is 3. The van der Waals surface area contributed by atoms with Gasteiger partial charge in [0.2, 0.25) is 5.91 Å². The number of carbonyl (C=O) groups is 2.